The van der Waals surface area contributed by atoms with Crippen molar-refractivity contribution in [3.05, 3.63) is 30.3 Å². The maximum Gasteiger partial charge on any atom is 0.310 e. The van der Waals surface area contributed by atoms with Gasteiger partial charge in [-0.3, -0.25) is 0 Å². The van der Waals surface area contributed by atoms with E-state index in [4.69, 9.17) is 13.7 Å². The molecule has 0 radical (unpaired) electrons. The van der Waals surface area contributed by atoms with E-state index in [0.717, 1.165) is 25.9 Å². The molecule has 6 nitrogen and oxygen atoms in total. The Morgan fingerprint density at radius 3 is 2.36 bits per heavy atom. The molecule has 0 aliphatic carbocycles. The maximum absolute atomic E-state index is 12.0. The first kappa shape index (κ1) is 15.7. The summed E-state index contributed by atoms with van der Waals surface area (Å²) in [6.07, 6.45) is 1.57. The summed E-state index contributed by atoms with van der Waals surface area (Å²) < 4.78 is 40.4. The van der Waals surface area contributed by atoms with E-state index in [1.807, 2.05) is 6.07 Å². The molecule has 1 aromatic rings. The molecule has 122 valence electrons. The highest BCUT2D eigenvalue weighted by Crippen LogP contribution is 2.31. The third-order valence-electron chi connectivity index (χ3n) is 4.06. The van der Waals surface area contributed by atoms with Gasteiger partial charge in [0.2, 0.25) is 0 Å². The Hall–Kier alpha value is -1.15. The van der Waals surface area contributed by atoms with E-state index in [1.165, 1.54) is 0 Å². The number of rotatable bonds is 5. The molecule has 0 bridgehead atoms. The Balaban J connectivity index is 1.46. The molecule has 22 heavy (non-hydrogen) atoms. The van der Waals surface area contributed by atoms with Crippen LogP contribution in [0.15, 0.2) is 30.3 Å². The lowest BCUT2D eigenvalue weighted by Crippen LogP contribution is -2.46. The zero-order valence-electron chi connectivity index (χ0n) is 12.4. The van der Waals surface area contributed by atoms with Gasteiger partial charge >= 0.3 is 10.1 Å². The van der Waals surface area contributed by atoms with Crippen molar-refractivity contribution in [3.8, 4) is 5.75 Å². The summed E-state index contributed by atoms with van der Waals surface area (Å²) in [5, 5.41) is 0. The fraction of sp³-hybridized carbons (Fsp3) is 0.600. The van der Waals surface area contributed by atoms with E-state index < -0.39 is 15.9 Å². The number of benzene rings is 1. The first-order chi connectivity index (χ1) is 10.6. The highest BCUT2D eigenvalue weighted by atomic mass is 32.2. The normalized spacial score (nSPS) is 22.0. The summed E-state index contributed by atoms with van der Waals surface area (Å²) in [5.74, 6) is -0.0835. The van der Waals surface area contributed by atoms with Crippen molar-refractivity contribution in [2.75, 3.05) is 38.6 Å². The topological polar surface area (TPSA) is 65.1 Å². The Morgan fingerprint density at radius 1 is 1.09 bits per heavy atom. The van der Waals surface area contributed by atoms with Crippen molar-refractivity contribution in [3.63, 3.8) is 0 Å². The zero-order valence-corrected chi connectivity index (χ0v) is 13.3. The van der Waals surface area contributed by atoms with Gasteiger partial charge in [-0.2, -0.15) is 8.42 Å². The van der Waals surface area contributed by atoms with E-state index in [2.05, 4.69) is 4.90 Å². The van der Waals surface area contributed by atoms with Gasteiger partial charge < -0.3 is 18.6 Å². The van der Waals surface area contributed by atoms with Crippen molar-refractivity contribution in [1.29, 1.82) is 0 Å². The Bertz CT molecular complexity index is 573. The molecule has 0 saturated carbocycles. The SMILES string of the molecule is O=S(=O)(CCN1CCC2(CC1)OCCO2)Oc1ccccc1. The zero-order chi connectivity index (χ0) is 15.5. The van der Waals surface area contributed by atoms with Crippen LogP contribution < -0.4 is 4.18 Å². The molecule has 2 aliphatic rings. The van der Waals surface area contributed by atoms with E-state index in [-0.39, 0.29) is 5.75 Å². The number of hydrogen-bond donors (Lipinski definition) is 0. The summed E-state index contributed by atoms with van der Waals surface area (Å²) in [4.78, 5) is 2.11. The number of para-hydroxylation sites is 1. The molecule has 7 heteroatoms. The van der Waals surface area contributed by atoms with Crippen LogP contribution in [0.25, 0.3) is 0 Å². The van der Waals surface area contributed by atoms with Crippen LogP contribution in [-0.2, 0) is 19.6 Å². The van der Waals surface area contributed by atoms with Crippen molar-refractivity contribution in [1.82, 2.24) is 4.90 Å². The lowest BCUT2D eigenvalue weighted by molar-refractivity contribution is -0.184. The highest BCUT2D eigenvalue weighted by molar-refractivity contribution is 7.87. The van der Waals surface area contributed by atoms with Crippen LogP contribution in [0.2, 0.25) is 0 Å². The summed E-state index contributed by atoms with van der Waals surface area (Å²) in [6.45, 7) is 3.32. The van der Waals surface area contributed by atoms with Gasteiger partial charge in [-0.05, 0) is 12.1 Å². The first-order valence-electron chi connectivity index (χ1n) is 7.54. The van der Waals surface area contributed by atoms with Gasteiger partial charge in [-0.25, -0.2) is 0 Å². The highest BCUT2D eigenvalue weighted by Gasteiger charge is 2.39. The molecule has 2 saturated heterocycles. The molecule has 0 amide bonds. The molecule has 3 rings (SSSR count). The summed E-state index contributed by atoms with van der Waals surface area (Å²) in [6, 6.07) is 8.58. The van der Waals surface area contributed by atoms with Crippen molar-refractivity contribution in [2.24, 2.45) is 0 Å². The van der Waals surface area contributed by atoms with Gasteiger partial charge in [0.25, 0.3) is 0 Å². The lowest BCUT2D eigenvalue weighted by Gasteiger charge is -2.37. The standard InChI is InChI=1S/C15H21NO5S/c17-22(18,21-14-4-2-1-3-5-14)13-10-16-8-6-15(7-9-16)19-11-12-20-15/h1-5H,6-13H2. The molecule has 1 aromatic carbocycles. The maximum atomic E-state index is 12.0. The van der Waals surface area contributed by atoms with E-state index in [0.29, 0.717) is 25.5 Å². The third-order valence-corrected chi connectivity index (χ3v) is 5.18. The number of ether oxygens (including phenoxy) is 2. The van der Waals surface area contributed by atoms with Gasteiger partial charge in [0.05, 0.1) is 19.0 Å². The average molecular weight is 327 g/mol. The molecule has 2 fully saturated rings. The monoisotopic (exact) mass is 327 g/mol. The third kappa shape index (κ3) is 3.98. The van der Waals surface area contributed by atoms with Crippen molar-refractivity contribution in [2.45, 2.75) is 18.6 Å². The molecule has 0 aromatic heterocycles. The van der Waals surface area contributed by atoms with Crippen LogP contribution >= 0.6 is 0 Å². The summed E-state index contributed by atoms with van der Waals surface area (Å²) >= 11 is 0. The van der Waals surface area contributed by atoms with E-state index in [9.17, 15) is 8.42 Å². The van der Waals surface area contributed by atoms with Crippen LogP contribution in [0, 0.1) is 0 Å². The van der Waals surface area contributed by atoms with Gasteiger partial charge in [0, 0.05) is 32.5 Å². The Morgan fingerprint density at radius 2 is 1.73 bits per heavy atom. The summed E-state index contributed by atoms with van der Waals surface area (Å²) in [5.41, 5.74) is 0. The van der Waals surface area contributed by atoms with Gasteiger partial charge in [0.15, 0.2) is 5.79 Å². The fourth-order valence-corrected chi connectivity index (χ4v) is 3.78. The molecule has 2 aliphatic heterocycles. The Kier molecular flexibility index (Phi) is 4.67. The average Bonchev–Trinajstić information content (AvgIpc) is 2.96. The van der Waals surface area contributed by atoms with Gasteiger partial charge in [-0.1, -0.05) is 18.2 Å². The molecule has 0 unspecified atom stereocenters. The van der Waals surface area contributed by atoms with Crippen LogP contribution in [0.5, 0.6) is 5.75 Å². The number of hydrogen-bond acceptors (Lipinski definition) is 6. The van der Waals surface area contributed by atoms with Gasteiger partial charge in [-0.15, -0.1) is 0 Å². The largest absolute Gasteiger partial charge is 0.382 e. The quantitative estimate of drug-likeness (QED) is 0.758. The first-order valence-corrected chi connectivity index (χ1v) is 9.12. The number of likely N-dealkylation sites (tertiary alicyclic amines) is 1. The predicted octanol–water partition coefficient (Wildman–Crippen LogP) is 1.23. The Labute approximate surface area is 131 Å². The second-order valence-corrected chi connectivity index (χ2v) is 7.30. The molecule has 0 N–H and O–H groups in total. The lowest BCUT2D eigenvalue weighted by atomic mass is 10.0. The molecule has 0 atom stereocenters. The second-order valence-electron chi connectivity index (χ2n) is 5.61. The van der Waals surface area contributed by atoms with Crippen LogP contribution in [0.1, 0.15) is 12.8 Å². The predicted molar refractivity (Wildman–Crippen MR) is 81.2 cm³/mol. The minimum Gasteiger partial charge on any atom is -0.382 e. The van der Waals surface area contributed by atoms with Crippen molar-refractivity contribution >= 4 is 10.1 Å². The smallest absolute Gasteiger partial charge is 0.310 e. The second kappa shape index (κ2) is 6.54. The van der Waals surface area contributed by atoms with Crippen LogP contribution in [-0.4, -0.2) is 57.7 Å². The molecular weight excluding hydrogens is 306 g/mol. The van der Waals surface area contributed by atoms with E-state index in [1.54, 1.807) is 24.3 Å². The van der Waals surface area contributed by atoms with E-state index >= 15 is 0 Å². The van der Waals surface area contributed by atoms with Gasteiger partial charge in [0.1, 0.15) is 5.75 Å². The minimum atomic E-state index is -3.57. The summed E-state index contributed by atoms with van der Waals surface area (Å²) in [7, 11) is -3.57. The number of nitrogens with zero attached hydrogens (tertiary/aromatic N) is 1. The molecule has 1 spiro atoms. The van der Waals surface area contributed by atoms with Crippen LogP contribution in [0.3, 0.4) is 0 Å². The minimum absolute atomic E-state index is 0.0173. The van der Waals surface area contributed by atoms with Crippen LogP contribution in [0.4, 0.5) is 0 Å². The van der Waals surface area contributed by atoms with Crippen molar-refractivity contribution < 1.29 is 22.1 Å². The molecule has 2 heterocycles. The number of piperidine rings is 1. The fourth-order valence-electron chi connectivity index (χ4n) is 2.81. The molecular formula is C15H21NO5S.